The van der Waals surface area contributed by atoms with Crippen LogP contribution in [0.3, 0.4) is 0 Å². The summed E-state index contributed by atoms with van der Waals surface area (Å²) in [5.41, 5.74) is 0.349. The minimum absolute atomic E-state index is 0.0108. The number of carbonyl (C=O) groups is 3. The summed E-state index contributed by atoms with van der Waals surface area (Å²) in [7, 11) is 1.21. The Bertz CT molecular complexity index is 1270. The molecule has 1 aliphatic heterocycles. The molecule has 1 N–H and O–H groups in total. The number of benzene rings is 2. The summed E-state index contributed by atoms with van der Waals surface area (Å²) in [4.78, 5) is 43.6. The van der Waals surface area contributed by atoms with E-state index in [2.05, 4.69) is 4.98 Å². The Morgan fingerprint density at radius 2 is 1.78 bits per heavy atom. The van der Waals surface area contributed by atoms with Crippen molar-refractivity contribution in [3.8, 4) is 0 Å². The second kappa shape index (κ2) is 8.35. The van der Waals surface area contributed by atoms with Gasteiger partial charge in [-0.25, -0.2) is 14.2 Å². The van der Waals surface area contributed by atoms with Gasteiger partial charge in [0.25, 0.3) is 5.78 Å². The number of ketones is 1. The standard InChI is InChI=1S/C23H17FN2O5S/c1-12-20(22(30)31-2)32-23(25-12)26-17(14-10-6-7-11-15(14)24)16(19(28)21(26)29)18(27)13-8-4-3-5-9-13/h3-11,17,27H,1-2H3. The van der Waals surface area contributed by atoms with Crippen LogP contribution in [0.5, 0.6) is 0 Å². The zero-order valence-corrected chi connectivity index (χ0v) is 17.9. The molecule has 0 spiro atoms. The third-order valence-corrected chi connectivity index (χ3v) is 6.19. The van der Waals surface area contributed by atoms with Gasteiger partial charge in [0.05, 0.1) is 18.4 Å². The van der Waals surface area contributed by atoms with Crippen LogP contribution in [0, 0.1) is 12.7 Å². The number of hydrogen-bond donors (Lipinski definition) is 1. The van der Waals surface area contributed by atoms with E-state index in [1.54, 1.807) is 43.3 Å². The van der Waals surface area contributed by atoms with E-state index in [-0.39, 0.29) is 21.1 Å². The van der Waals surface area contributed by atoms with Crippen LogP contribution in [-0.2, 0) is 14.3 Å². The van der Waals surface area contributed by atoms with Crippen LogP contribution >= 0.6 is 11.3 Å². The van der Waals surface area contributed by atoms with Crippen LogP contribution in [0.1, 0.15) is 32.5 Å². The number of esters is 1. The average Bonchev–Trinajstić information content (AvgIpc) is 3.30. The van der Waals surface area contributed by atoms with E-state index in [9.17, 15) is 23.9 Å². The van der Waals surface area contributed by atoms with E-state index in [1.807, 2.05) is 0 Å². The molecule has 0 aliphatic carbocycles. The van der Waals surface area contributed by atoms with Crippen molar-refractivity contribution in [1.82, 2.24) is 4.98 Å². The number of methoxy groups -OCH3 is 1. The van der Waals surface area contributed by atoms with E-state index in [0.29, 0.717) is 11.3 Å². The number of hydrogen-bond acceptors (Lipinski definition) is 7. The van der Waals surface area contributed by atoms with Gasteiger partial charge in [-0.2, -0.15) is 0 Å². The molecule has 1 fully saturated rings. The van der Waals surface area contributed by atoms with Crippen LogP contribution in [-0.4, -0.2) is 34.9 Å². The number of carbonyl (C=O) groups excluding carboxylic acids is 3. The molecule has 9 heteroatoms. The highest BCUT2D eigenvalue weighted by molar-refractivity contribution is 7.17. The molecule has 0 bridgehead atoms. The van der Waals surface area contributed by atoms with Gasteiger partial charge in [-0.1, -0.05) is 59.9 Å². The second-order valence-corrected chi connectivity index (χ2v) is 7.94. The van der Waals surface area contributed by atoms with E-state index >= 15 is 0 Å². The first-order chi connectivity index (χ1) is 15.3. The number of aliphatic hydroxyl groups excluding tert-OH is 1. The second-order valence-electron chi connectivity index (χ2n) is 6.96. The number of anilines is 1. The summed E-state index contributed by atoms with van der Waals surface area (Å²) in [5, 5.41) is 11.0. The van der Waals surface area contributed by atoms with Crippen molar-refractivity contribution < 1.29 is 28.6 Å². The van der Waals surface area contributed by atoms with Crippen LogP contribution in [0.15, 0.2) is 60.2 Å². The highest BCUT2D eigenvalue weighted by Crippen LogP contribution is 2.44. The first kappa shape index (κ1) is 21.4. The number of ether oxygens (including phenoxy) is 1. The zero-order valence-electron chi connectivity index (χ0n) is 17.0. The van der Waals surface area contributed by atoms with Crippen molar-refractivity contribution >= 4 is 39.9 Å². The van der Waals surface area contributed by atoms with Crippen LogP contribution < -0.4 is 4.90 Å². The zero-order chi connectivity index (χ0) is 23.0. The van der Waals surface area contributed by atoms with Crippen LogP contribution in [0.4, 0.5) is 9.52 Å². The molecule has 1 atom stereocenters. The Balaban J connectivity index is 1.96. The monoisotopic (exact) mass is 452 g/mol. The van der Waals surface area contributed by atoms with Crippen molar-refractivity contribution in [2.45, 2.75) is 13.0 Å². The maximum atomic E-state index is 14.8. The molecule has 1 saturated heterocycles. The van der Waals surface area contributed by atoms with Gasteiger partial charge in [0.2, 0.25) is 0 Å². The summed E-state index contributed by atoms with van der Waals surface area (Å²) >= 11 is 0.850. The van der Waals surface area contributed by atoms with E-state index < -0.39 is 35.3 Å². The molecule has 32 heavy (non-hydrogen) atoms. The molecule has 1 aromatic heterocycles. The Morgan fingerprint density at radius 1 is 1.12 bits per heavy atom. The van der Waals surface area contributed by atoms with Gasteiger partial charge in [-0.15, -0.1) is 0 Å². The largest absolute Gasteiger partial charge is 0.507 e. The lowest BCUT2D eigenvalue weighted by Crippen LogP contribution is -2.29. The number of nitrogens with zero attached hydrogens (tertiary/aromatic N) is 2. The fourth-order valence-corrected chi connectivity index (χ4v) is 4.55. The fourth-order valence-electron chi connectivity index (χ4n) is 3.54. The number of aromatic nitrogens is 1. The molecular formula is C23H17FN2O5S. The van der Waals surface area contributed by atoms with Gasteiger partial charge < -0.3 is 9.84 Å². The number of aliphatic hydroxyl groups is 1. The molecular weight excluding hydrogens is 435 g/mol. The van der Waals surface area contributed by atoms with Gasteiger partial charge in [0, 0.05) is 11.1 Å². The molecule has 1 unspecified atom stereocenters. The van der Waals surface area contributed by atoms with Crippen molar-refractivity contribution in [3.63, 3.8) is 0 Å². The lowest BCUT2D eigenvalue weighted by atomic mass is 9.95. The molecule has 2 aromatic carbocycles. The Morgan fingerprint density at radius 3 is 2.44 bits per heavy atom. The number of thiazole rings is 1. The van der Waals surface area contributed by atoms with E-state index in [1.165, 1.54) is 25.3 Å². The average molecular weight is 452 g/mol. The molecule has 1 aliphatic rings. The molecule has 2 heterocycles. The van der Waals surface area contributed by atoms with Crippen molar-refractivity contribution in [1.29, 1.82) is 0 Å². The van der Waals surface area contributed by atoms with Gasteiger partial charge >= 0.3 is 11.9 Å². The van der Waals surface area contributed by atoms with Crippen molar-refractivity contribution in [2.24, 2.45) is 0 Å². The minimum Gasteiger partial charge on any atom is -0.507 e. The molecule has 3 aromatic rings. The lowest BCUT2D eigenvalue weighted by Gasteiger charge is -2.23. The van der Waals surface area contributed by atoms with Gasteiger partial charge in [0.1, 0.15) is 22.5 Å². The SMILES string of the molecule is COC(=O)c1sc(N2C(=O)C(=O)C(=C(O)c3ccccc3)C2c2ccccc2F)nc1C. The number of amides is 1. The third kappa shape index (κ3) is 3.46. The highest BCUT2D eigenvalue weighted by atomic mass is 32.1. The number of rotatable bonds is 4. The predicted octanol–water partition coefficient (Wildman–Crippen LogP) is 4.00. The maximum Gasteiger partial charge on any atom is 0.350 e. The minimum atomic E-state index is -1.27. The normalized spacial score (nSPS) is 17.6. The van der Waals surface area contributed by atoms with Crippen LogP contribution in [0.25, 0.3) is 5.76 Å². The van der Waals surface area contributed by atoms with Crippen molar-refractivity contribution in [3.05, 3.63) is 87.7 Å². The summed E-state index contributed by atoms with van der Waals surface area (Å²) < 4.78 is 19.6. The number of aryl methyl sites for hydroxylation is 1. The lowest BCUT2D eigenvalue weighted by molar-refractivity contribution is -0.132. The summed E-state index contributed by atoms with van der Waals surface area (Å²) in [6, 6.07) is 12.6. The fraction of sp³-hybridized carbons (Fsp3) is 0.130. The Hall–Kier alpha value is -3.85. The van der Waals surface area contributed by atoms with Gasteiger partial charge in [-0.05, 0) is 13.0 Å². The quantitative estimate of drug-likeness (QED) is 0.278. The summed E-state index contributed by atoms with van der Waals surface area (Å²) in [6.07, 6.45) is 0. The van der Waals surface area contributed by atoms with E-state index in [4.69, 9.17) is 4.74 Å². The third-order valence-electron chi connectivity index (χ3n) is 5.05. The smallest absolute Gasteiger partial charge is 0.350 e. The Labute approximate surface area is 186 Å². The first-order valence-corrected chi connectivity index (χ1v) is 10.3. The summed E-state index contributed by atoms with van der Waals surface area (Å²) in [6.45, 7) is 1.56. The number of halogens is 1. The molecule has 7 nitrogen and oxygen atoms in total. The van der Waals surface area contributed by atoms with Gasteiger partial charge in [0.15, 0.2) is 5.13 Å². The number of Topliss-reactive ketones (excluding diaryl/α,β-unsaturated/α-hetero) is 1. The summed E-state index contributed by atoms with van der Waals surface area (Å²) in [5.74, 6) is -3.70. The van der Waals surface area contributed by atoms with Crippen molar-refractivity contribution in [2.75, 3.05) is 12.0 Å². The first-order valence-electron chi connectivity index (χ1n) is 9.51. The molecule has 1 amide bonds. The highest BCUT2D eigenvalue weighted by Gasteiger charge is 2.49. The molecule has 0 saturated carbocycles. The predicted molar refractivity (Wildman–Crippen MR) is 116 cm³/mol. The Kier molecular flexibility index (Phi) is 5.58. The topological polar surface area (TPSA) is 96.8 Å². The van der Waals surface area contributed by atoms with Gasteiger partial charge in [-0.3, -0.25) is 14.5 Å². The molecule has 4 rings (SSSR count). The van der Waals surface area contributed by atoms with E-state index in [0.717, 1.165) is 16.2 Å². The van der Waals surface area contributed by atoms with Crippen LogP contribution in [0.2, 0.25) is 0 Å². The maximum absolute atomic E-state index is 14.8. The molecule has 0 radical (unpaired) electrons. The molecule has 162 valence electrons.